The van der Waals surface area contributed by atoms with Gasteiger partial charge in [-0.2, -0.15) is 0 Å². The molecule has 58 valence electrons. The van der Waals surface area contributed by atoms with Gasteiger partial charge in [0.25, 0.3) is 0 Å². The molecule has 1 aliphatic rings. The number of anilines is 1. The Labute approximate surface area is 66.7 Å². The number of nitrogens with one attached hydrogen (secondary N) is 1. The van der Waals surface area contributed by atoms with Crippen LogP contribution in [0.1, 0.15) is 24.5 Å². The minimum absolute atomic E-state index is 0.753. The third-order valence-electron chi connectivity index (χ3n) is 2.02. The fourth-order valence-corrected chi connectivity index (χ4v) is 1.20. The first-order chi connectivity index (χ1) is 5.40. The average molecular weight is 148 g/mol. The zero-order valence-corrected chi connectivity index (χ0v) is 6.67. The van der Waals surface area contributed by atoms with Crippen LogP contribution < -0.4 is 5.32 Å². The van der Waals surface area contributed by atoms with Crippen LogP contribution in [0.2, 0.25) is 0 Å². The average Bonchev–Trinajstić information content (AvgIpc) is 2.87. The lowest BCUT2D eigenvalue weighted by Crippen LogP contribution is -1.94. The van der Waals surface area contributed by atoms with Gasteiger partial charge in [0.2, 0.25) is 0 Å². The molecule has 2 heteroatoms. The van der Waals surface area contributed by atoms with Gasteiger partial charge in [0.15, 0.2) is 0 Å². The minimum Gasteiger partial charge on any atom is -0.373 e. The highest BCUT2D eigenvalue weighted by molar-refractivity contribution is 5.35. The molecule has 1 aromatic rings. The maximum atomic E-state index is 4.44. The number of nitrogens with zero attached hydrogens (tertiary/aromatic N) is 1. The van der Waals surface area contributed by atoms with Gasteiger partial charge in [0.05, 0.1) is 0 Å². The van der Waals surface area contributed by atoms with Gasteiger partial charge in [-0.25, -0.2) is 4.98 Å². The van der Waals surface area contributed by atoms with E-state index in [2.05, 4.69) is 22.4 Å². The van der Waals surface area contributed by atoms with Gasteiger partial charge < -0.3 is 5.32 Å². The molecule has 0 unspecified atom stereocenters. The fraction of sp³-hybridized carbons (Fsp3) is 0.444. The SMILES string of the molecule is CNc1cccc(C2CC2)n1. The van der Waals surface area contributed by atoms with E-state index in [9.17, 15) is 0 Å². The standard InChI is InChI=1S/C9H12N2/c1-10-9-4-2-3-8(11-9)7-5-6-7/h2-4,7H,5-6H2,1H3,(H,10,11). The van der Waals surface area contributed by atoms with Crippen molar-refractivity contribution in [2.45, 2.75) is 18.8 Å². The number of rotatable bonds is 2. The smallest absolute Gasteiger partial charge is 0.125 e. The monoisotopic (exact) mass is 148 g/mol. The molecule has 1 saturated carbocycles. The summed E-state index contributed by atoms with van der Waals surface area (Å²) in [6.07, 6.45) is 2.64. The summed E-state index contributed by atoms with van der Waals surface area (Å²) < 4.78 is 0. The molecule has 1 N–H and O–H groups in total. The molecule has 2 rings (SSSR count). The normalized spacial score (nSPS) is 16.5. The summed E-state index contributed by atoms with van der Waals surface area (Å²) >= 11 is 0. The second kappa shape index (κ2) is 2.53. The molecule has 0 radical (unpaired) electrons. The molecule has 1 aliphatic carbocycles. The van der Waals surface area contributed by atoms with E-state index in [0.29, 0.717) is 0 Å². The predicted octanol–water partition coefficient (Wildman–Crippen LogP) is 2.00. The number of hydrogen-bond donors (Lipinski definition) is 1. The van der Waals surface area contributed by atoms with E-state index in [-0.39, 0.29) is 0 Å². The Balaban J connectivity index is 2.26. The minimum atomic E-state index is 0.753. The van der Waals surface area contributed by atoms with E-state index in [0.717, 1.165) is 11.7 Å². The Bertz CT molecular complexity index is 253. The Hall–Kier alpha value is -1.05. The van der Waals surface area contributed by atoms with E-state index in [1.54, 1.807) is 0 Å². The van der Waals surface area contributed by atoms with Crippen molar-refractivity contribution in [3.8, 4) is 0 Å². The van der Waals surface area contributed by atoms with Crippen LogP contribution >= 0.6 is 0 Å². The fourth-order valence-electron chi connectivity index (χ4n) is 1.20. The molecular weight excluding hydrogens is 136 g/mol. The molecule has 1 fully saturated rings. The van der Waals surface area contributed by atoms with Crippen molar-refractivity contribution in [2.75, 3.05) is 12.4 Å². The van der Waals surface area contributed by atoms with Crippen molar-refractivity contribution in [3.63, 3.8) is 0 Å². The Morgan fingerprint density at radius 3 is 2.91 bits per heavy atom. The second-order valence-electron chi connectivity index (χ2n) is 2.97. The van der Waals surface area contributed by atoms with Crippen molar-refractivity contribution in [2.24, 2.45) is 0 Å². The van der Waals surface area contributed by atoms with Gasteiger partial charge in [0, 0.05) is 18.7 Å². The van der Waals surface area contributed by atoms with Crippen LogP contribution in [0.25, 0.3) is 0 Å². The molecule has 11 heavy (non-hydrogen) atoms. The molecule has 0 aromatic carbocycles. The molecule has 0 amide bonds. The Morgan fingerprint density at radius 2 is 2.27 bits per heavy atom. The lowest BCUT2D eigenvalue weighted by atomic mass is 10.2. The first kappa shape index (κ1) is 6.65. The first-order valence-corrected chi connectivity index (χ1v) is 4.05. The van der Waals surface area contributed by atoms with Crippen LogP contribution in [0.3, 0.4) is 0 Å². The first-order valence-electron chi connectivity index (χ1n) is 4.05. The quantitative estimate of drug-likeness (QED) is 0.693. The largest absolute Gasteiger partial charge is 0.373 e. The number of hydrogen-bond acceptors (Lipinski definition) is 2. The maximum absolute atomic E-state index is 4.44. The van der Waals surface area contributed by atoms with Crippen LogP contribution in [0.4, 0.5) is 5.82 Å². The summed E-state index contributed by atoms with van der Waals surface area (Å²) in [6.45, 7) is 0. The van der Waals surface area contributed by atoms with Crippen LogP contribution in [0, 0.1) is 0 Å². The van der Waals surface area contributed by atoms with E-state index >= 15 is 0 Å². The summed E-state index contributed by atoms with van der Waals surface area (Å²) in [6, 6.07) is 6.16. The number of aromatic nitrogens is 1. The third kappa shape index (κ3) is 1.34. The molecule has 0 bridgehead atoms. The van der Waals surface area contributed by atoms with E-state index in [1.807, 2.05) is 13.1 Å². The molecular formula is C9H12N2. The molecule has 0 saturated heterocycles. The van der Waals surface area contributed by atoms with Crippen LogP contribution in [0.15, 0.2) is 18.2 Å². The van der Waals surface area contributed by atoms with Crippen molar-refractivity contribution >= 4 is 5.82 Å². The van der Waals surface area contributed by atoms with Crippen molar-refractivity contribution in [3.05, 3.63) is 23.9 Å². The van der Waals surface area contributed by atoms with Crippen LogP contribution in [0.5, 0.6) is 0 Å². The molecule has 0 spiro atoms. The van der Waals surface area contributed by atoms with Crippen molar-refractivity contribution in [1.82, 2.24) is 4.98 Å². The Morgan fingerprint density at radius 1 is 1.45 bits per heavy atom. The summed E-state index contributed by atoms with van der Waals surface area (Å²) in [5, 5.41) is 3.04. The highest BCUT2D eigenvalue weighted by Crippen LogP contribution is 2.39. The van der Waals surface area contributed by atoms with Crippen LogP contribution in [-0.4, -0.2) is 12.0 Å². The number of pyridine rings is 1. The van der Waals surface area contributed by atoms with Gasteiger partial charge in [-0.1, -0.05) is 6.07 Å². The molecule has 1 heterocycles. The van der Waals surface area contributed by atoms with Gasteiger partial charge in [-0.3, -0.25) is 0 Å². The summed E-state index contributed by atoms with van der Waals surface area (Å²) in [7, 11) is 1.90. The predicted molar refractivity (Wildman–Crippen MR) is 45.8 cm³/mol. The summed E-state index contributed by atoms with van der Waals surface area (Å²) in [5.74, 6) is 1.73. The molecule has 0 aliphatic heterocycles. The Kier molecular flexibility index (Phi) is 1.53. The van der Waals surface area contributed by atoms with Gasteiger partial charge in [-0.05, 0) is 25.0 Å². The zero-order valence-electron chi connectivity index (χ0n) is 6.67. The summed E-state index contributed by atoms with van der Waals surface area (Å²) in [5.41, 5.74) is 1.25. The highest BCUT2D eigenvalue weighted by atomic mass is 15.0. The second-order valence-corrected chi connectivity index (χ2v) is 2.97. The summed E-state index contributed by atoms with van der Waals surface area (Å²) in [4.78, 5) is 4.44. The zero-order chi connectivity index (χ0) is 7.68. The lowest BCUT2D eigenvalue weighted by molar-refractivity contribution is 1.02. The van der Waals surface area contributed by atoms with E-state index < -0.39 is 0 Å². The van der Waals surface area contributed by atoms with Gasteiger partial charge >= 0.3 is 0 Å². The lowest BCUT2D eigenvalue weighted by Gasteiger charge is -2.00. The van der Waals surface area contributed by atoms with Gasteiger partial charge in [0.1, 0.15) is 5.82 Å². The molecule has 2 nitrogen and oxygen atoms in total. The van der Waals surface area contributed by atoms with Crippen molar-refractivity contribution in [1.29, 1.82) is 0 Å². The topological polar surface area (TPSA) is 24.9 Å². The van der Waals surface area contributed by atoms with E-state index in [1.165, 1.54) is 18.5 Å². The highest BCUT2D eigenvalue weighted by Gasteiger charge is 2.24. The maximum Gasteiger partial charge on any atom is 0.125 e. The van der Waals surface area contributed by atoms with Crippen molar-refractivity contribution < 1.29 is 0 Å². The third-order valence-corrected chi connectivity index (χ3v) is 2.02. The molecule has 0 atom stereocenters. The molecule has 1 aromatic heterocycles. The van der Waals surface area contributed by atoms with Crippen LogP contribution in [-0.2, 0) is 0 Å². The van der Waals surface area contributed by atoms with Gasteiger partial charge in [-0.15, -0.1) is 0 Å². The van der Waals surface area contributed by atoms with E-state index in [4.69, 9.17) is 0 Å².